The van der Waals surface area contributed by atoms with Gasteiger partial charge in [-0.2, -0.15) is 4.31 Å². The molecule has 0 saturated heterocycles. The van der Waals surface area contributed by atoms with E-state index in [1.165, 1.54) is 14.0 Å². The van der Waals surface area contributed by atoms with Gasteiger partial charge in [0, 0.05) is 29.7 Å². The van der Waals surface area contributed by atoms with E-state index < -0.39 is 40.2 Å². The van der Waals surface area contributed by atoms with E-state index in [0.717, 1.165) is 34.1 Å². The number of esters is 1. The molecule has 0 spiro atoms. The highest BCUT2D eigenvalue weighted by molar-refractivity contribution is 7.89. The number of fused-ring (bicyclic) bond motifs is 1. The van der Waals surface area contributed by atoms with Gasteiger partial charge in [0.2, 0.25) is 15.8 Å². The number of Topliss-reactive ketones (excluding diaryl/α,β-unsaturated/α-hetero) is 1. The maximum atomic E-state index is 13.0. The highest BCUT2D eigenvalue weighted by Crippen LogP contribution is 2.20. The molecular weight excluding hydrogens is 399 g/mol. The van der Waals surface area contributed by atoms with Crippen LogP contribution in [0, 0.1) is 5.82 Å². The van der Waals surface area contributed by atoms with Gasteiger partial charge >= 0.3 is 5.97 Å². The first kappa shape index (κ1) is 20.7. The van der Waals surface area contributed by atoms with Gasteiger partial charge < -0.3 is 9.72 Å². The largest absolute Gasteiger partial charge is 0.453 e. The molecule has 0 amide bonds. The van der Waals surface area contributed by atoms with Crippen molar-refractivity contribution in [3.63, 3.8) is 0 Å². The quantitative estimate of drug-likeness (QED) is 0.470. The number of ether oxygens (including phenoxy) is 1. The van der Waals surface area contributed by atoms with Crippen molar-refractivity contribution >= 4 is 32.7 Å². The number of hydrogen-bond acceptors (Lipinski definition) is 5. The molecule has 0 aliphatic rings. The minimum atomic E-state index is -4.00. The van der Waals surface area contributed by atoms with Gasteiger partial charge in [-0.25, -0.2) is 12.8 Å². The lowest BCUT2D eigenvalue weighted by Gasteiger charge is -2.18. The van der Waals surface area contributed by atoms with Gasteiger partial charge in [-0.05, 0) is 37.3 Å². The van der Waals surface area contributed by atoms with Crippen molar-refractivity contribution in [3.05, 3.63) is 66.1 Å². The summed E-state index contributed by atoms with van der Waals surface area (Å²) < 4.78 is 43.8. The normalized spacial score (nSPS) is 12.8. The third-order valence-corrected chi connectivity index (χ3v) is 6.22. The monoisotopic (exact) mass is 418 g/mol. The van der Waals surface area contributed by atoms with Crippen molar-refractivity contribution in [1.82, 2.24) is 9.29 Å². The second-order valence-corrected chi connectivity index (χ2v) is 8.50. The van der Waals surface area contributed by atoms with Gasteiger partial charge in [-0.15, -0.1) is 0 Å². The molecule has 7 nitrogen and oxygen atoms in total. The van der Waals surface area contributed by atoms with Crippen LogP contribution >= 0.6 is 0 Å². The Morgan fingerprint density at radius 2 is 1.79 bits per heavy atom. The maximum absolute atomic E-state index is 13.0. The summed E-state index contributed by atoms with van der Waals surface area (Å²) in [5.41, 5.74) is 1.16. The molecule has 9 heteroatoms. The van der Waals surface area contributed by atoms with E-state index in [-0.39, 0.29) is 4.90 Å². The van der Waals surface area contributed by atoms with Crippen LogP contribution in [0.25, 0.3) is 10.9 Å². The molecule has 1 heterocycles. The predicted molar refractivity (Wildman–Crippen MR) is 104 cm³/mol. The van der Waals surface area contributed by atoms with Gasteiger partial charge in [0.25, 0.3) is 0 Å². The number of hydrogen-bond donors (Lipinski definition) is 1. The van der Waals surface area contributed by atoms with E-state index in [1.807, 2.05) is 12.1 Å². The van der Waals surface area contributed by atoms with Crippen molar-refractivity contribution in [3.8, 4) is 0 Å². The Balaban J connectivity index is 1.66. The standard InChI is InChI=1S/C20H19FN2O5S/c1-13(20(25)17-11-22-18-6-4-3-5-16(17)18)28-19(24)12-23(2)29(26,27)15-9-7-14(21)8-10-15/h3-11,13,22H,12H2,1-2H3/t13-/m0/s1. The molecule has 3 rings (SSSR count). The van der Waals surface area contributed by atoms with Crippen molar-refractivity contribution < 1.29 is 27.1 Å². The van der Waals surface area contributed by atoms with Crippen molar-refractivity contribution in [2.24, 2.45) is 0 Å². The summed E-state index contributed by atoms with van der Waals surface area (Å²) in [4.78, 5) is 27.6. The van der Waals surface area contributed by atoms with Gasteiger partial charge in [-0.1, -0.05) is 18.2 Å². The summed E-state index contributed by atoms with van der Waals surface area (Å²) in [6, 6.07) is 11.5. The molecule has 0 aliphatic heterocycles. The van der Waals surface area contributed by atoms with Crippen LogP contribution in [0.2, 0.25) is 0 Å². The lowest BCUT2D eigenvalue weighted by molar-refractivity contribution is -0.146. The summed E-state index contributed by atoms with van der Waals surface area (Å²) >= 11 is 0. The highest BCUT2D eigenvalue weighted by Gasteiger charge is 2.27. The SMILES string of the molecule is C[C@H](OC(=O)CN(C)S(=O)(=O)c1ccc(F)cc1)C(=O)c1c[nH]c2ccccc12. The average Bonchev–Trinajstić information content (AvgIpc) is 3.11. The molecule has 1 aromatic heterocycles. The first-order valence-corrected chi connectivity index (χ1v) is 10.2. The van der Waals surface area contributed by atoms with Crippen molar-refractivity contribution in [2.45, 2.75) is 17.9 Å². The Hall–Kier alpha value is -3.04. The van der Waals surface area contributed by atoms with Gasteiger partial charge in [0.15, 0.2) is 6.10 Å². The number of likely N-dealkylation sites (N-methyl/N-ethyl adjacent to an activating group) is 1. The van der Waals surface area contributed by atoms with Crippen molar-refractivity contribution in [2.75, 3.05) is 13.6 Å². The molecule has 0 fully saturated rings. The number of benzene rings is 2. The highest BCUT2D eigenvalue weighted by atomic mass is 32.2. The Labute approximate surface area is 167 Å². The number of para-hydroxylation sites is 1. The summed E-state index contributed by atoms with van der Waals surface area (Å²) in [6.45, 7) is 0.835. The number of ketones is 1. The van der Waals surface area contributed by atoms with Crippen LogP contribution in [0.3, 0.4) is 0 Å². The van der Waals surface area contributed by atoms with E-state index in [1.54, 1.807) is 18.3 Å². The van der Waals surface area contributed by atoms with Crippen molar-refractivity contribution in [1.29, 1.82) is 0 Å². The minimum Gasteiger partial charge on any atom is -0.453 e. The third-order valence-electron chi connectivity index (χ3n) is 4.41. The van der Waals surface area contributed by atoms with E-state index in [4.69, 9.17) is 4.74 Å². The lowest BCUT2D eigenvalue weighted by Crippen LogP contribution is -2.35. The van der Waals surface area contributed by atoms with Crippen LogP contribution in [0.15, 0.2) is 59.6 Å². The lowest BCUT2D eigenvalue weighted by atomic mass is 10.1. The fraction of sp³-hybridized carbons (Fsp3) is 0.200. The number of carbonyl (C=O) groups excluding carboxylic acids is 2. The van der Waals surface area contributed by atoms with Crippen LogP contribution in [-0.4, -0.2) is 49.2 Å². The Kier molecular flexibility index (Phi) is 5.81. The summed E-state index contributed by atoms with van der Waals surface area (Å²) in [6.07, 6.45) is 0.450. The van der Waals surface area contributed by atoms with Crippen LogP contribution in [-0.2, 0) is 19.6 Å². The van der Waals surface area contributed by atoms with E-state index in [9.17, 15) is 22.4 Å². The molecule has 0 bridgehead atoms. The van der Waals surface area contributed by atoms with Crippen LogP contribution < -0.4 is 0 Å². The number of carbonyl (C=O) groups is 2. The molecule has 0 saturated carbocycles. The minimum absolute atomic E-state index is 0.155. The zero-order valence-electron chi connectivity index (χ0n) is 15.8. The number of nitrogens with zero attached hydrogens (tertiary/aromatic N) is 1. The second kappa shape index (κ2) is 8.14. The molecule has 3 aromatic rings. The van der Waals surface area contributed by atoms with Crippen LogP contribution in [0.4, 0.5) is 4.39 Å². The molecule has 1 atom stereocenters. The Bertz CT molecular complexity index is 1160. The fourth-order valence-electron chi connectivity index (χ4n) is 2.84. The topological polar surface area (TPSA) is 96.5 Å². The molecule has 29 heavy (non-hydrogen) atoms. The maximum Gasteiger partial charge on any atom is 0.322 e. The molecule has 2 aromatic carbocycles. The average molecular weight is 418 g/mol. The molecule has 1 N–H and O–H groups in total. The zero-order chi connectivity index (χ0) is 21.2. The summed E-state index contributed by atoms with van der Waals surface area (Å²) in [7, 11) is -2.80. The molecule has 0 unspecified atom stereocenters. The second-order valence-electron chi connectivity index (χ2n) is 6.46. The number of sulfonamides is 1. The number of nitrogens with one attached hydrogen (secondary N) is 1. The molecule has 152 valence electrons. The number of aromatic nitrogens is 1. The number of halogens is 1. The van der Waals surface area contributed by atoms with Crippen LogP contribution in [0.1, 0.15) is 17.3 Å². The zero-order valence-corrected chi connectivity index (χ0v) is 16.6. The number of H-pyrrole nitrogens is 1. The number of rotatable bonds is 7. The molecule has 0 radical (unpaired) electrons. The molecular formula is C20H19FN2O5S. The number of aromatic amines is 1. The first-order valence-electron chi connectivity index (χ1n) is 8.72. The van der Waals surface area contributed by atoms with Gasteiger partial charge in [-0.3, -0.25) is 9.59 Å². The molecule has 0 aliphatic carbocycles. The summed E-state index contributed by atoms with van der Waals surface area (Å²) in [5, 5.41) is 0.705. The predicted octanol–water partition coefficient (Wildman–Crippen LogP) is 2.74. The smallest absolute Gasteiger partial charge is 0.322 e. The van der Waals surface area contributed by atoms with E-state index in [0.29, 0.717) is 10.9 Å². The van der Waals surface area contributed by atoms with E-state index >= 15 is 0 Å². The Morgan fingerprint density at radius 1 is 1.14 bits per heavy atom. The Morgan fingerprint density at radius 3 is 2.48 bits per heavy atom. The third kappa shape index (κ3) is 4.36. The van der Waals surface area contributed by atoms with Gasteiger partial charge in [0.05, 0.1) is 4.90 Å². The first-order chi connectivity index (χ1) is 13.7. The summed E-state index contributed by atoms with van der Waals surface area (Å²) in [5.74, 6) is -1.85. The van der Waals surface area contributed by atoms with E-state index in [2.05, 4.69) is 4.98 Å². The fourth-order valence-corrected chi connectivity index (χ4v) is 3.95. The van der Waals surface area contributed by atoms with Crippen LogP contribution in [0.5, 0.6) is 0 Å². The van der Waals surface area contributed by atoms with Gasteiger partial charge in [0.1, 0.15) is 12.4 Å².